The zero-order valence-corrected chi connectivity index (χ0v) is 14.6. The summed E-state index contributed by atoms with van der Waals surface area (Å²) >= 11 is 0. The minimum atomic E-state index is -0.300. The first-order valence-electron chi connectivity index (χ1n) is 8.79. The topological polar surface area (TPSA) is 94.0 Å². The molecule has 7 nitrogen and oxygen atoms in total. The van der Waals surface area contributed by atoms with Gasteiger partial charge >= 0.3 is 0 Å². The first kappa shape index (κ1) is 15.7. The number of benzene rings is 1. The number of fused-ring (bicyclic) bond motifs is 1. The minimum Gasteiger partial charge on any atom is -0.338 e. The minimum absolute atomic E-state index is 0.283. The van der Waals surface area contributed by atoms with Crippen molar-refractivity contribution < 1.29 is 13.8 Å². The second kappa shape index (κ2) is 6.05. The SMILES string of the molecule is Cc1noc2nc(C3CC3)cc(C(=O)Nc3cc(-c4ccccc4)no3)c12. The largest absolute Gasteiger partial charge is 0.338 e. The lowest BCUT2D eigenvalue weighted by Crippen LogP contribution is -2.13. The number of hydrogen-bond acceptors (Lipinski definition) is 6. The van der Waals surface area contributed by atoms with Gasteiger partial charge in [0.1, 0.15) is 5.69 Å². The zero-order valence-electron chi connectivity index (χ0n) is 14.6. The highest BCUT2D eigenvalue weighted by molar-refractivity contribution is 6.12. The molecule has 1 fully saturated rings. The maximum Gasteiger partial charge on any atom is 0.259 e. The number of aromatic nitrogens is 3. The fourth-order valence-electron chi connectivity index (χ4n) is 3.14. The predicted molar refractivity (Wildman–Crippen MR) is 98.4 cm³/mol. The number of carbonyl (C=O) groups excluding carboxylic acids is 1. The van der Waals surface area contributed by atoms with Crippen molar-refractivity contribution in [1.82, 2.24) is 15.3 Å². The summed E-state index contributed by atoms with van der Waals surface area (Å²) in [4.78, 5) is 17.4. The molecule has 5 rings (SSSR count). The lowest BCUT2D eigenvalue weighted by molar-refractivity contribution is 0.102. The molecule has 0 unspecified atom stereocenters. The number of anilines is 1. The van der Waals surface area contributed by atoms with E-state index in [1.54, 1.807) is 13.0 Å². The number of pyridine rings is 1. The Morgan fingerprint density at radius 1 is 1.11 bits per heavy atom. The van der Waals surface area contributed by atoms with Crippen LogP contribution in [0.3, 0.4) is 0 Å². The Morgan fingerprint density at radius 3 is 2.70 bits per heavy atom. The molecule has 3 aromatic heterocycles. The molecule has 0 aliphatic heterocycles. The molecule has 27 heavy (non-hydrogen) atoms. The Balaban J connectivity index is 1.48. The molecule has 1 N–H and O–H groups in total. The van der Waals surface area contributed by atoms with Gasteiger partial charge < -0.3 is 9.05 Å². The number of nitrogens with zero attached hydrogens (tertiary/aromatic N) is 3. The van der Waals surface area contributed by atoms with Crippen LogP contribution in [0.4, 0.5) is 5.88 Å². The standard InChI is InChI=1S/C20H16N4O3/c1-11-18-14(9-15(13-7-8-13)21-20(18)27-23-11)19(25)22-17-10-16(24-26-17)12-5-3-2-4-6-12/h2-6,9-10,13H,7-8H2,1H3,(H,22,25). The van der Waals surface area contributed by atoms with Crippen LogP contribution in [-0.4, -0.2) is 21.2 Å². The second-order valence-electron chi connectivity index (χ2n) is 6.71. The Kier molecular flexibility index (Phi) is 3.53. The number of nitrogens with one attached hydrogen (secondary N) is 1. The van der Waals surface area contributed by atoms with Crippen molar-refractivity contribution in [2.75, 3.05) is 5.32 Å². The molecule has 0 atom stereocenters. The number of rotatable bonds is 4. The van der Waals surface area contributed by atoms with E-state index in [2.05, 4.69) is 20.6 Å². The van der Waals surface area contributed by atoms with Crippen molar-refractivity contribution in [2.24, 2.45) is 0 Å². The molecule has 1 saturated carbocycles. The van der Waals surface area contributed by atoms with Gasteiger partial charge in [-0.05, 0) is 25.8 Å². The predicted octanol–water partition coefficient (Wildman–Crippen LogP) is 4.32. The smallest absolute Gasteiger partial charge is 0.259 e. The third-order valence-corrected chi connectivity index (χ3v) is 4.69. The fourth-order valence-corrected chi connectivity index (χ4v) is 3.14. The summed E-state index contributed by atoms with van der Waals surface area (Å²) in [6.07, 6.45) is 2.16. The van der Waals surface area contributed by atoms with Crippen LogP contribution in [-0.2, 0) is 0 Å². The first-order valence-corrected chi connectivity index (χ1v) is 8.79. The third kappa shape index (κ3) is 2.87. The molecule has 1 aliphatic carbocycles. The molecule has 1 amide bonds. The average Bonchev–Trinajstić information content (AvgIpc) is 3.34. The normalized spacial score (nSPS) is 13.8. The summed E-state index contributed by atoms with van der Waals surface area (Å²) in [5.41, 5.74) is 3.95. The Labute approximate surface area is 154 Å². The van der Waals surface area contributed by atoms with Crippen molar-refractivity contribution in [2.45, 2.75) is 25.7 Å². The molecule has 1 aliphatic rings. The summed E-state index contributed by atoms with van der Waals surface area (Å²) < 4.78 is 10.6. The number of carbonyl (C=O) groups is 1. The summed E-state index contributed by atoms with van der Waals surface area (Å²) in [5, 5.41) is 11.4. The Bertz CT molecular complexity index is 1140. The van der Waals surface area contributed by atoms with Crippen LogP contribution in [0.2, 0.25) is 0 Å². The zero-order chi connectivity index (χ0) is 18.4. The molecule has 3 heterocycles. The van der Waals surface area contributed by atoms with Crippen LogP contribution < -0.4 is 5.32 Å². The molecule has 4 aromatic rings. The van der Waals surface area contributed by atoms with Gasteiger partial charge in [0, 0.05) is 23.2 Å². The van der Waals surface area contributed by atoms with E-state index in [-0.39, 0.29) is 11.8 Å². The fraction of sp³-hybridized carbons (Fsp3) is 0.200. The van der Waals surface area contributed by atoms with E-state index in [1.165, 1.54) is 0 Å². The van der Waals surface area contributed by atoms with Gasteiger partial charge in [0.15, 0.2) is 0 Å². The summed E-state index contributed by atoms with van der Waals surface area (Å²) in [6.45, 7) is 1.79. The average molecular weight is 360 g/mol. The van der Waals surface area contributed by atoms with E-state index in [9.17, 15) is 4.79 Å². The van der Waals surface area contributed by atoms with E-state index in [0.717, 1.165) is 24.1 Å². The highest BCUT2D eigenvalue weighted by Crippen LogP contribution is 2.40. The van der Waals surface area contributed by atoms with Crippen LogP contribution in [0, 0.1) is 6.92 Å². The first-order chi connectivity index (χ1) is 13.2. The van der Waals surface area contributed by atoms with Gasteiger partial charge in [-0.3, -0.25) is 10.1 Å². The van der Waals surface area contributed by atoms with E-state index in [4.69, 9.17) is 9.05 Å². The van der Waals surface area contributed by atoms with E-state index in [0.29, 0.717) is 34.0 Å². The summed E-state index contributed by atoms with van der Waals surface area (Å²) in [6, 6.07) is 13.2. The van der Waals surface area contributed by atoms with Crippen molar-refractivity contribution in [3.63, 3.8) is 0 Å². The van der Waals surface area contributed by atoms with Gasteiger partial charge in [0.05, 0.1) is 16.6 Å². The number of amides is 1. The highest BCUT2D eigenvalue weighted by atomic mass is 16.5. The number of aryl methyl sites for hydroxylation is 1. The molecular weight excluding hydrogens is 344 g/mol. The van der Waals surface area contributed by atoms with Crippen LogP contribution in [0.1, 0.15) is 40.5 Å². The van der Waals surface area contributed by atoms with E-state index < -0.39 is 0 Å². The van der Waals surface area contributed by atoms with E-state index >= 15 is 0 Å². The molecule has 1 aromatic carbocycles. The molecule has 0 saturated heterocycles. The lowest BCUT2D eigenvalue weighted by Gasteiger charge is -2.05. The van der Waals surface area contributed by atoms with Gasteiger partial charge in [-0.15, -0.1) is 0 Å². The van der Waals surface area contributed by atoms with Crippen molar-refractivity contribution >= 4 is 22.9 Å². The van der Waals surface area contributed by atoms with Gasteiger partial charge in [-0.2, -0.15) is 0 Å². The summed E-state index contributed by atoms with van der Waals surface area (Å²) in [5.74, 6) is 0.374. The molecular formula is C20H16N4O3. The third-order valence-electron chi connectivity index (χ3n) is 4.69. The van der Waals surface area contributed by atoms with Gasteiger partial charge in [-0.1, -0.05) is 40.6 Å². The molecule has 0 radical (unpaired) electrons. The van der Waals surface area contributed by atoms with Crippen LogP contribution in [0.5, 0.6) is 0 Å². The van der Waals surface area contributed by atoms with Crippen molar-refractivity contribution in [3.8, 4) is 11.3 Å². The molecule has 134 valence electrons. The lowest BCUT2D eigenvalue weighted by atomic mass is 10.1. The Hall–Kier alpha value is -3.48. The van der Waals surface area contributed by atoms with Crippen molar-refractivity contribution in [3.05, 3.63) is 59.4 Å². The maximum absolute atomic E-state index is 12.9. The van der Waals surface area contributed by atoms with Crippen LogP contribution in [0.25, 0.3) is 22.4 Å². The Morgan fingerprint density at radius 2 is 1.93 bits per heavy atom. The molecule has 0 bridgehead atoms. The highest BCUT2D eigenvalue weighted by Gasteiger charge is 2.29. The van der Waals surface area contributed by atoms with Gasteiger partial charge in [-0.25, -0.2) is 4.98 Å². The maximum atomic E-state index is 12.9. The van der Waals surface area contributed by atoms with Crippen LogP contribution >= 0.6 is 0 Å². The van der Waals surface area contributed by atoms with E-state index in [1.807, 2.05) is 36.4 Å². The quantitative estimate of drug-likeness (QED) is 0.582. The van der Waals surface area contributed by atoms with Gasteiger partial charge in [0.25, 0.3) is 11.6 Å². The van der Waals surface area contributed by atoms with Crippen LogP contribution in [0.15, 0.2) is 51.5 Å². The van der Waals surface area contributed by atoms with Crippen molar-refractivity contribution in [1.29, 1.82) is 0 Å². The second-order valence-corrected chi connectivity index (χ2v) is 6.71. The molecule has 0 spiro atoms. The summed E-state index contributed by atoms with van der Waals surface area (Å²) in [7, 11) is 0. The monoisotopic (exact) mass is 360 g/mol. The molecule has 7 heteroatoms. The number of hydrogen-bond donors (Lipinski definition) is 1. The van der Waals surface area contributed by atoms with Gasteiger partial charge in [0.2, 0.25) is 5.88 Å².